The van der Waals surface area contributed by atoms with Crippen molar-refractivity contribution in [1.82, 2.24) is 10.6 Å². The molecule has 1 aliphatic rings. The molecule has 1 aromatic rings. The minimum atomic E-state index is -0.102. The van der Waals surface area contributed by atoms with Crippen molar-refractivity contribution in [3.8, 4) is 0 Å². The topological polar surface area (TPSA) is 74.8 Å². The first kappa shape index (κ1) is 22.7. The Bertz CT molecular complexity index is 534. The van der Waals surface area contributed by atoms with Gasteiger partial charge in [-0.3, -0.25) is 9.79 Å². The van der Waals surface area contributed by atoms with Crippen LogP contribution in [0.4, 0.5) is 5.69 Å². The number of hydrogen-bond donors (Lipinski definition) is 3. The second kappa shape index (κ2) is 13.8. The van der Waals surface area contributed by atoms with E-state index in [0.717, 1.165) is 25.3 Å². The summed E-state index contributed by atoms with van der Waals surface area (Å²) in [4.78, 5) is 16.0. The molecule has 3 N–H and O–H groups in total. The van der Waals surface area contributed by atoms with Crippen LogP contribution in [-0.4, -0.2) is 44.7 Å². The number of hydrogen-bond acceptors (Lipinski definition) is 3. The molecule has 1 aliphatic carbocycles. The number of aliphatic imine (C=N–C) groups is 1. The number of ether oxygens (including phenoxy) is 1. The minimum absolute atomic E-state index is 0. The molecule has 2 rings (SSSR count). The van der Waals surface area contributed by atoms with Crippen LogP contribution in [0.25, 0.3) is 0 Å². The van der Waals surface area contributed by atoms with Crippen molar-refractivity contribution in [1.29, 1.82) is 0 Å². The molecule has 7 heteroatoms. The predicted octanol–water partition coefficient (Wildman–Crippen LogP) is 3.15. The number of benzene rings is 1. The van der Waals surface area contributed by atoms with Gasteiger partial charge in [0.2, 0.25) is 5.91 Å². The van der Waals surface area contributed by atoms with Crippen molar-refractivity contribution < 1.29 is 9.53 Å². The van der Waals surface area contributed by atoms with Gasteiger partial charge in [0.05, 0.1) is 12.6 Å². The first-order valence-corrected chi connectivity index (χ1v) is 9.19. The monoisotopic (exact) mass is 474 g/mol. The van der Waals surface area contributed by atoms with Crippen molar-refractivity contribution in [2.75, 3.05) is 32.1 Å². The Morgan fingerprint density at radius 2 is 1.88 bits per heavy atom. The fourth-order valence-corrected chi connectivity index (χ4v) is 2.87. The van der Waals surface area contributed by atoms with Gasteiger partial charge in [0.15, 0.2) is 5.96 Å². The normalized spacial score (nSPS) is 15.0. The number of carbonyl (C=O) groups is 1. The third-order valence-electron chi connectivity index (χ3n) is 4.22. The second-order valence-corrected chi connectivity index (χ2v) is 6.25. The molecule has 0 atom stereocenters. The number of halogens is 1. The van der Waals surface area contributed by atoms with E-state index < -0.39 is 0 Å². The predicted molar refractivity (Wildman–Crippen MR) is 117 cm³/mol. The highest BCUT2D eigenvalue weighted by Gasteiger charge is 2.13. The van der Waals surface area contributed by atoms with Crippen LogP contribution in [0.2, 0.25) is 0 Å². The maximum atomic E-state index is 11.9. The zero-order valence-electron chi connectivity index (χ0n) is 15.5. The molecule has 1 aromatic carbocycles. The van der Waals surface area contributed by atoms with Crippen LogP contribution in [0.15, 0.2) is 35.3 Å². The third-order valence-corrected chi connectivity index (χ3v) is 4.22. The number of anilines is 1. The summed E-state index contributed by atoms with van der Waals surface area (Å²) in [5, 5.41) is 9.05. The van der Waals surface area contributed by atoms with Gasteiger partial charge in [0, 0.05) is 25.9 Å². The van der Waals surface area contributed by atoms with Gasteiger partial charge in [-0.05, 0) is 31.4 Å². The van der Waals surface area contributed by atoms with Gasteiger partial charge >= 0.3 is 0 Å². The molecule has 6 nitrogen and oxygen atoms in total. The molecule has 1 saturated carbocycles. The average Bonchev–Trinajstić information content (AvgIpc) is 2.65. The quantitative estimate of drug-likeness (QED) is 0.234. The summed E-state index contributed by atoms with van der Waals surface area (Å²) in [6.07, 6.45) is 7.72. The summed E-state index contributed by atoms with van der Waals surface area (Å²) < 4.78 is 5.90. The van der Waals surface area contributed by atoms with Crippen molar-refractivity contribution in [3.63, 3.8) is 0 Å². The zero-order valence-corrected chi connectivity index (χ0v) is 17.8. The molecule has 0 aromatic heterocycles. The lowest BCUT2D eigenvalue weighted by molar-refractivity contribution is -0.115. The van der Waals surface area contributed by atoms with Gasteiger partial charge in [-0.2, -0.15) is 0 Å². The van der Waals surface area contributed by atoms with E-state index >= 15 is 0 Å². The van der Waals surface area contributed by atoms with Crippen LogP contribution in [0.5, 0.6) is 0 Å². The lowest BCUT2D eigenvalue weighted by atomic mass is 9.98. The molecular formula is C19H31IN4O2. The first-order chi connectivity index (χ1) is 12.3. The van der Waals surface area contributed by atoms with Crippen LogP contribution in [0, 0.1) is 0 Å². The molecule has 0 heterocycles. The van der Waals surface area contributed by atoms with Crippen molar-refractivity contribution >= 4 is 41.5 Å². The van der Waals surface area contributed by atoms with E-state index in [1.54, 1.807) is 7.05 Å². The summed E-state index contributed by atoms with van der Waals surface area (Å²) in [5.41, 5.74) is 0.789. The Morgan fingerprint density at radius 3 is 2.58 bits per heavy atom. The Morgan fingerprint density at radius 1 is 1.15 bits per heavy atom. The molecule has 0 spiro atoms. The molecule has 146 valence electrons. The Hall–Kier alpha value is -1.35. The largest absolute Gasteiger partial charge is 0.378 e. The van der Waals surface area contributed by atoms with E-state index in [1.165, 1.54) is 32.1 Å². The van der Waals surface area contributed by atoms with Gasteiger partial charge < -0.3 is 20.7 Å². The van der Waals surface area contributed by atoms with E-state index in [9.17, 15) is 4.79 Å². The molecule has 1 amide bonds. The highest BCUT2D eigenvalue weighted by molar-refractivity contribution is 14.0. The highest BCUT2D eigenvalue weighted by atomic mass is 127. The molecule has 0 aliphatic heterocycles. The number of nitrogens with one attached hydrogen (secondary N) is 3. The standard InChI is InChI=1S/C19H30N4O2.HI/c1-20-19(21-13-8-14-25-17-11-6-3-7-12-17)22-15-18(24)23-16-9-4-2-5-10-16;/h2,4-5,9-10,17H,3,6-8,11-15H2,1H3,(H,23,24)(H2,20,21,22);1H. The minimum Gasteiger partial charge on any atom is -0.378 e. The molecular weight excluding hydrogens is 443 g/mol. The maximum Gasteiger partial charge on any atom is 0.243 e. The Labute approximate surface area is 173 Å². The summed E-state index contributed by atoms with van der Waals surface area (Å²) in [6.45, 7) is 1.71. The summed E-state index contributed by atoms with van der Waals surface area (Å²) in [6, 6.07) is 9.41. The summed E-state index contributed by atoms with van der Waals surface area (Å²) in [5.74, 6) is 0.524. The number of amides is 1. The van der Waals surface area contributed by atoms with Crippen molar-refractivity contribution in [2.45, 2.75) is 44.6 Å². The van der Waals surface area contributed by atoms with Gasteiger partial charge in [-0.1, -0.05) is 37.5 Å². The van der Waals surface area contributed by atoms with E-state index in [1.807, 2.05) is 30.3 Å². The van der Waals surface area contributed by atoms with E-state index in [4.69, 9.17) is 4.74 Å². The van der Waals surface area contributed by atoms with E-state index in [2.05, 4.69) is 20.9 Å². The summed E-state index contributed by atoms with van der Waals surface area (Å²) >= 11 is 0. The fourth-order valence-electron chi connectivity index (χ4n) is 2.87. The molecule has 0 saturated heterocycles. The van der Waals surface area contributed by atoms with Gasteiger partial charge in [0.1, 0.15) is 0 Å². The summed E-state index contributed by atoms with van der Waals surface area (Å²) in [7, 11) is 1.70. The first-order valence-electron chi connectivity index (χ1n) is 9.19. The van der Waals surface area contributed by atoms with Crippen LogP contribution < -0.4 is 16.0 Å². The number of nitrogens with zero attached hydrogens (tertiary/aromatic N) is 1. The average molecular weight is 474 g/mol. The lowest BCUT2D eigenvalue weighted by Gasteiger charge is -2.22. The highest BCUT2D eigenvalue weighted by Crippen LogP contribution is 2.20. The van der Waals surface area contributed by atoms with Crippen LogP contribution >= 0.6 is 24.0 Å². The molecule has 0 radical (unpaired) electrons. The van der Waals surface area contributed by atoms with Gasteiger partial charge in [-0.15, -0.1) is 24.0 Å². The second-order valence-electron chi connectivity index (χ2n) is 6.25. The van der Waals surface area contributed by atoms with E-state index in [-0.39, 0.29) is 36.4 Å². The molecule has 1 fully saturated rings. The molecule has 0 unspecified atom stereocenters. The van der Waals surface area contributed by atoms with Crippen LogP contribution in [0.1, 0.15) is 38.5 Å². The van der Waals surface area contributed by atoms with E-state index in [0.29, 0.717) is 12.1 Å². The molecule has 0 bridgehead atoms. The van der Waals surface area contributed by atoms with Gasteiger partial charge in [0.25, 0.3) is 0 Å². The van der Waals surface area contributed by atoms with Crippen LogP contribution in [0.3, 0.4) is 0 Å². The van der Waals surface area contributed by atoms with Crippen LogP contribution in [-0.2, 0) is 9.53 Å². The Kier molecular flexibility index (Phi) is 12.0. The van der Waals surface area contributed by atoms with Crippen molar-refractivity contribution in [2.24, 2.45) is 4.99 Å². The number of rotatable bonds is 8. The SMILES string of the molecule is CN=C(NCCCOC1CCCCC1)NCC(=O)Nc1ccccc1.I. The number of para-hydroxylation sites is 1. The van der Waals surface area contributed by atoms with Gasteiger partial charge in [-0.25, -0.2) is 0 Å². The third kappa shape index (κ3) is 9.38. The maximum absolute atomic E-state index is 11.9. The fraction of sp³-hybridized carbons (Fsp3) is 0.579. The number of carbonyl (C=O) groups excluding carboxylic acids is 1. The number of guanidine groups is 1. The lowest BCUT2D eigenvalue weighted by Crippen LogP contribution is -2.41. The smallest absolute Gasteiger partial charge is 0.243 e. The zero-order chi connectivity index (χ0) is 17.7. The van der Waals surface area contributed by atoms with Crippen molar-refractivity contribution in [3.05, 3.63) is 30.3 Å². The molecule has 26 heavy (non-hydrogen) atoms. The Balaban J connectivity index is 0.00000338.